The smallest absolute Gasteiger partial charge is 0.236 e. The van der Waals surface area contributed by atoms with E-state index in [4.69, 9.17) is 0 Å². The quantitative estimate of drug-likeness (QED) is 0.164. The number of hydrogen-bond acceptors (Lipinski definition) is 1. The fourth-order valence-corrected chi connectivity index (χ4v) is 10.4. The highest BCUT2D eigenvalue weighted by Crippen LogP contribution is 2.49. The Morgan fingerprint density at radius 3 is 1.31 bits per heavy atom. The van der Waals surface area contributed by atoms with E-state index in [1.807, 2.05) is 24.3 Å². The number of aromatic nitrogens is 4. The molecule has 0 saturated heterocycles. The van der Waals surface area contributed by atoms with E-state index in [2.05, 4.69) is 199 Å². The maximum Gasteiger partial charge on any atom is 0.236 e. The van der Waals surface area contributed by atoms with Crippen molar-refractivity contribution in [1.29, 1.82) is 5.26 Å². The van der Waals surface area contributed by atoms with Crippen molar-refractivity contribution in [2.24, 2.45) is 0 Å². The fraction of sp³-hybridized carbons (Fsp3) is 0. The Morgan fingerprint density at radius 1 is 0.387 bits per heavy atom. The average Bonchev–Trinajstić information content (AvgIpc) is 4.06. The van der Waals surface area contributed by atoms with E-state index < -0.39 is 0 Å². The second-order valence-corrected chi connectivity index (χ2v) is 15.8. The highest BCUT2D eigenvalue weighted by Gasteiger charge is 2.30. The van der Waals surface area contributed by atoms with Gasteiger partial charge < -0.3 is 18.3 Å². The number of benzene rings is 9. The Labute approximate surface area is 355 Å². The van der Waals surface area contributed by atoms with Crippen LogP contribution in [-0.2, 0) is 0 Å². The molecule has 0 aliphatic heterocycles. The molecule has 0 radical (unpaired) electrons. The summed E-state index contributed by atoms with van der Waals surface area (Å²) >= 11 is 0. The molecule has 6 nitrogen and oxygen atoms in total. The summed E-state index contributed by atoms with van der Waals surface area (Å²) in [4.78, 5) is 4.59. The second-order valence-electron chi connectivity index (χ2n) is 15.8. The second kappa shape index (κ2) is 12.8. The van der Waals surface area contributed by atoms with Gasteiger partial charge in [-0.3, -0.25) is 0 Å². The predicted octanol–water partition coefficient (Wildman–Crippen LogP) is 14.5. The summed E-state index contributed by atoms with van der Waals surface area (Å²) in [6.07, 6.45) is 0. The molecule has 0 atom stereocenters. The molecule has 62 heavy (non-hydrogen) atoms. The zero-order valence-corrected chi connectivity index (χ0v) is 33.2. The number of hydrogen-bond donors (Lipinski definition) is 0. The third-order valence-corrected chi connectivity index (χ3v) is 12.8. The molecule has 0 fully saturated rings. The van der Waals surface area contributed by atoms with E-state index in [-0.39, 0.29) is 0 Å². The Balaban J connectivity index is 1.28. The van der Waals surface area contributed by atoms with Crippen LogP contribution >= 0.6 is 0 Å². The van der Waals surface area contributed by atoms with Crippen LogP contribution in [0.25, 0.3) is 115 Å². The van der Waals surface area contributed by atoms with Crippen LogP contribution in [0.5, 0.6) is 0 Å². The Morgan fingerprint density at radius 2 is 0.806 bits per heavy atom. The Kier molecular flexibility index (Phi) is 7.05. The van der Waals surface area contributed by atoms with Crippen LogP contribution in [-0.4, -0.2) is 18.3 Å². The van der Waals surface area contributed by atoms with E-state index in [0.717, 1.165) is 92.9 Å². The van der Waals surface area contributed by atoms with Crippen molar-refractivity contribution in [2.45, 2.75) is 0 Å². The molecule has 9 aromatic carbocycles. The van der Waals surface area contributed by atoms with E-state index in [1.165, 1.54) is 0 Å². The van der Waals surface area contributed by atoms with E-state index in [0.29, 0.717) is 28.3 Å². The molecule has 13 rings (SSSR count). The minimum absolute atomic E-state index is 0.443. The SMILES string of the molecule is [C-]#[N+]c1c(-n2c3ccccc3c3ccc4c(c5ccccc5n4-c4ccccc4)c32)cc(C#N)c(-n2c3ccccc3c3ccccc32)c1-n1c2ccccc2c2ccccc21. The highest BCUT2D eigenvalue weighted by atomic mass is 15.1. The summed E-state index contributed by atoms with van der Waals surface area (Å²) < 4.78 is 9.03. The van der Waals surface area contributed by atoms with E-state index >= 15 is 0 Å². The zero-order chi connectivity index (χ0) is 41.1. The van der Waals surface area contributed by atoms with Gasteiger partial charge >= 0.3 is 0 Å². The van der Waals surface area contributed by atoms with Crippen LogP contribution in [0.4, 0.5) is 5.69 Å². The molecule has 0 aliphatic carbocycles. The first-order chi connectivity index (χ1) is 30.7. The van der Waals surface area contributed by atoms with Crippen molar-refractivity contribution >= 4 is 92.9 Å². The molecule has 13 aromatic rings. The lowest BCUT2D eigenvalue weighted by molar-refractivity contribution is 1.08. The molecule has 6 heteroatoms. The minimum atomic E-state index is 0.443. The van der Waals surface area contributed by atoms with E-state index in [1.54, 1.807) is 0 Å². The van der Waals surface area contributed by atoms with Crippen LogP contribution in [0.2, 0.25) is 0 Å². The standard InChI is InChI=1S/C56H32N6/c1-58-53-51(62-48-29-15-9-23-41(48)42-31-32-50-52(55(42)62)43-24-10-16-30-49(43)59(50)36-17-3-2-4-18-36)33-35(34-57)54(60-44-25-11-5-19-37(44)38-20-6-12-26-45(38)60)56(53)61-46-27-13-7-21-39(46)40-22-8-14-28-47(40)61/h2-33H. The summed E-state index contributed by atoms with van der Waals surface area (Å²) in [6, 6.07) is 70.1. The molecule has 0 bridgehead atoms. The first kappa shape index (κ1) is 34.1. The summed E-state index contributed by atoms with van der Waals surface area (Å²) in [5.74, 6) is 0. The molecule has 0 saturated carbocycles. The molecule has 0 spiro atoms. The molecule has 0 aliphatic rings. The van der Waals surface area contributed by atoms with Gasteiger partial charge in [-0.25, -0.2) is 4.85 Å². The Bertz CT molecular complexity index is 4020. The zero-order valence-electron chi connectivity index (χ0n) is 33.2. The van der Waals surface area contributed by atoms with Crippen LogP contribution < -0.4 is 0 Å². The summed E-state index contributed by atoms with van der Waals surface area (Å²) in [7, 11) is 0. The average molecular weight is 789 g/mol. The maximum absolute atomic E-state index is 11.6. The van der Waals surface area contributed by atoms with Gasteiger partial charge in [-0.1, -0.05) is 133 Å². The van der Waals surface area contributed by atoms with Gasteiger partial charge in [0.25, 0.3) is 0 Å². The topological polar surface area (TPSA) is 47.9 Å². The first-order valence-electron chi connectivity index (χ1n) is 20.7. The fourth-order valence-electron chi connectivity index (χ4n) is 10.4. The van der Waals surface area contributed by atoms with Crippen LogP contribution in [0, 0.1) is 17.9 Å². The molecule has 0 unspecified atom stereocenters. The van der Waals surface area contributed by atoms with Gasteiger partial charge in [0.1, 0.15) is 6.07 Å². The molecule has 0 amide bonds. The number of fused-ring (bicyclic) bond motifs is 13. The van der Waals surface area contributed by atoms with Gasteiger partial charge in [-0.2, -0.15) is 5.26 Å². The number of nitrogens with zero attached hydrogens (tertiary/aromatic N) is 6. The van der Waals surface area contributed by atoms with Gasteiger partial charge in [-0.05, 0) is 60.7 Å². The van der Waals surface area contributed by atoms with Crippen molar-refractivity contribution in [3.8, 4) is 28.8 Å². The van der Waals surface area contributed by atoms with Gasteiger partial charge in [-0.15, -0.1) is 0 Å². The monoisotopic (exact) mass is 788 g/mol. The summed E-state index contributed by atoms with van der Waals surface area (Å²) in [5.41, 5.74) is 11.9. The molecule has 286 valence electrons. The predicted molar refractivity (Wildman–Crippen MR) is 255 cm³/mol. The van der Waals surface area contributed by atoms with E-state index in [9.17, 15) is 11.8 Å². The number of rotatable bonds is 4. The highest BCUT2D eigenvalue weighted by molar-refractivity contribution is 6.26. The van der Waals surface area contributed by atoms with Gasteiger partial charge in [0.05, 0.1) is 73.3 Å². The number of nitriles is 1. The van der Waals surface area contributed by atoms with Crippen molar-refractivity contribution in [3.63, 3.8) is 0 Å². The third-order valence-electron chi connectivity index (χ3n) is 12.8. The lowest BCUT2D eigenvalue weighted by Gasteiger charge is -2.23. The lowest BCUT2D eigenvalue weighted by atomic mass is 10.1. The molecular weight excluding hydrogens is 757 g/mol. The molecule has 4 heterocycles. The van der Waals surface area contributed by atoms with Crippen molar-refractivity contribution in [2.75, 3.05) is 0 Å². The Hall–Kier alpha value is -8.84. The van der Waals surface area contributed by atoms with Gasteiger partial charge in [0.2, 0.25) is 5.69 Å². The minimum Gasteiger partial charge on any atom is -0.318 e. The first-order valence-corrected chi connectivity index (χ1v) is 20.7. The molecule has 0 N–H and O–H groups in total. The van der Waals surface area contributed by atoms with Crippen molar-refractivity contribution in [1.82, 2.24) is 18.3 Å². The molecular formula is C56H32N6. The molecule has 4 aromatic heterocycles. The van der Waals surface area contributed by atoms with Crippen LogP contribution in [0.1, 0.15) is 5.56 Å². The van der Waals surface area contributed by atoms with Crippen molar-refractivity contribution < 1.29 is 0 Å². The lowest BCUT2D eigenvalue weighted by Crippen LogP contribution is -2.09. The van der Waals surface area contributed by atoms with Crippen molar-refractivity contribution in [3.05, 3.63) is 211 Å². The van der Waals surface area contributed by atoms with Gasteiger partial charge in [0.15, 0.2) is 0 Å². The maximum atomic E-state index is 11.6. The van der Waals surface area contributed by atoms with Crippen LogP contribution in [0.15, 0.2) is 194 Å². The normalized spacial score (nSPS) is 11.8. The summed E-state index contributed by atoms with van der Waals surface area (Å²) in [6.45, 7) is 9.35. The van der Waals surface area contributed by atoms with Crippen LogP contribution in [0.3, 0.4) is 0 Å². The number of para-hydroxylation sites is 7. The third kappa shape index (κ3) is 4.45. The van der Waals surface area contributed by atoms with Gasteiger partial charge in [0, 0.05) is 48.8 Å². The summed E-state index contributed by atoms with van der Waals surface area (Å²) in [5, 5.41) is 20.2. The largest absolute Gasteiger partial charge is 0.318 e.